The van der Waals surface area contributed by atoms with E-state index in [2.05, 4.69) is 162 Å². The average Bonchev–Trinajstić information content (AvgIpc) is 1.60. The number of benzene rings is 3. The second-order valence-electron chi connectivity index (χ2n) is 24.3. The molecule has 10 heterocycles. The molecule has 0 amide bonds. The highest BCUT2D eigenvalue weighted by Gasteiger charge is 2.24. The number of hydrogen-bond acceptors (Lipinski definition) is 18. The highest BCUT2D eigenvalue weighted by atomic mass is 35.5. The number of aromatic nitrogens is 9. The summed E-state index contributed by atoms with van der Waals surface area (Å²) in [4.78, 5) is 48.7. The van der Waals surface area contributed by atoms with Crippen molar-refractivity contribution in [3.8, 4) is 33.8 Å². The number of halogens is 1. The summed E-state index contributed by atoms with van der Waals surface area (Å²) in [5.41, 5.74) is 27.6. The maximum atomic E-state index is 6.17. The van der Waals surface area contributed by atoms with E-state index in [0.29, 0.717) is 48.7 Å². The average molecular weight is 1300 g/mol. The predicted molar refractivity (Wildman–Crippen MR) is 387 cm³/mol. The monoisotopic (exact) mass is 1300 g/mol. The number of nitrogens with zero attached hydrogens (tertiary/aromatic N) is 11. The first-order valence-corrected chi connectivity index (χ1v) is 32.8. The van der Waals surface area contributed by atoms with Gasteiger partial charge in [-0.2, -0.15) is 0 Å². The Labute approximate surface area is 560 Å². The number of nitrogens with one attached hydrogen (secondary N) is 6. The van der Waals surface area contributed by atoms with E-state index < -0.39 is 0 Å². The lowest BCUT2D eigenvalue weighted by molar-refractivity contribution is 0.218. The Bertz CT molecular complexity index is 4210. The molecule has 9 aromatic rings. The van der Waals surface area contributed by atoms with Crippen LogP contribution in [0.25, 0.3) is 33.8 Å². The molecule has 472 valence electrons. The van der Waals surface area contributed by atoms with Gasteiger partial charge in [0.25, 0.3) is 0 Å². The minimum Gasteiger partial charge on any atom is -0.349 e. The second-order valence-corrected chi connectivity index (χ2v) is 26.2. The number of rotatable bonds is 15. The number of fused-ring (bicyclic) bond motifs is 9. The van der Waals surface area contributed by atoms with Gasteiger partial charge in [-0.25, -0.2) is 29.9 Å². The standard InChI is InChI=1S/C26H30N6S.C22H23ClN6S.C22H24N6S/c1-16-4-6-21-23(12-16)29-24(33)14-19-15-27-26(31-25(19)21)30-22-7-5-20(28-17(22)2)13-18-8-10-32(3)11-9-18;1-29(2)7-3-4-14-8-17(13-24-11-14)26-22-25-12-15-9-20(30)27-19-10-16(23)5-6-18(19)21(15)28-22;1-13-5-6-17-19(8-13)26-20(29)10-16-12-25-22(28-21(16)17)27-18-9-15(4-3-7-23)11-24-14(18)2/h4-7,12,15,18H,8-11,13-14H2,1-3H3,(H,29,33)(H,27,30,31);5-6,8,10-13H,3-4,7,9H2,1-2H3,(H,27,30)(H,25,26,28);5-6,8-9,11-12H,3-4,7,10,23H2,1-2H3,(H,26,29)(H,25,27,28). The van der Waals surface area contributed by atoms with Crippen molar-refractivity contribution < 1.29 is 0 Å². The van der Waals surface area contributed by atoms with Gasteiger partial charge in [0.15, 0.2) is 0 Å². The smallest absolute Gasteiger partial charge is 0.227 e. The number of likely N-dealkylation sites (tertiary alicyclic amines) is 1. The van der Waals surface area contributed by atoms with Gasteiger partial charge in [-0.3, -0.25) is 15.0 Å². The molecule has 4 aliphatic rings. The van der Waals surface area contributed by atoms with E-state index in [-0.39, 0.29) is 0 Å². The number of nitrogens with two attached hydrogens (primary N) is 1. The third kappa shape index (κ3) is 16.8. The number of pyridine rings is 3. The summed E-state index contributed by atoms with van der Waals surface area (Å²) < 4.78 is 0. The molecule has 4 aliphatic heterocycles. The maximum Gasteiger partial charge on any atom is 0.227 e. The molecule has 0 saturated carbocycles. The first-order chi connectivity index (χ1) is 44.4. The molecule has 0 bridgehead atoms. The summed E-state index contributed by atoms with van der Waals surface area (Å²) >= 11 is 22.6. The molecule has 1 fully saturated rings. The minimum atomic E-state index is 0.523. The molecule has 0 spiro atoms. The second kappa shape index (κ2) is 29.9. The Morgan fingerprint density at radius 2 is 1.09 bits per heavy atom. The lowest BCUT2D eigenvalue weighted by Crippen LogP contribution is -2.31. The first-order valence-electron chi connectivity index (χ1n) is 31.2. The molecule has 0 radical (unpaired) electrons. The summed E-state index contributed by atoms with van der Waals surface area (Å²) in [5.74, 6) is 2.36. The molecule has 0 atom stereocenters. The van der Waals surface area contributed by atoms with Crippen LogP contribution in [-0.4, -0.2) is 117 Å². The summed E-state index contributed by atoms with van der Waals surface area (Å²) in [6.45, 7) is 12.2. The molecule has 92 heavy (non-hydrogen) atoms. The fourth-order valence-corrected chi connectivity index (χ4v) is 12.6. The molecular formula is C70H77ClN18S3. The molecule has 22 heteroatoms. The molecule has 0 unspecified atom stereocenters. The number of hydrogen-bond donors (Lipinski definition) is 7. The van der Waals surface area contributed by atoms with Crippen LogP contribution in [0.15, 0.2) is 116 Å². The minimum absolute atomic E-state index is 0.523. The predicted octanol–water partition coefficient (Wildman–Crippen LogP) is 13.9. The Kier molecular flexibility index (Phi) is 21.2. The van der Waals surface area contributed by atoms with Gasteiger partial charge in [-0.15, -0.1) is 0 Å². The molecule has 18 nitrogen and oxygen atoms in total. The van der Waals surface area contributed by atoms with Crippen LogP contribution in [0.4, 0.5) is 52.0 Å². The lowest BCUT2D eigenvalue weighted by Gasteiger charge is -2.28. The molecule has 1 saturated heterocycles. The fourth-order valence-electron chi connectivity index (χ4n) is 11.6. The van der Waals surface area contributed by atoms with Crippen LogP contribution < -0.4 is 37.6 Å². The zero-order chi connectivity index (χ0) is 64.4. The summed E-state index contributed by atoms with van der Waals surface area (Å²) in [6.07, 6.45) is 20.4. The van der Waals surface area contributed by atoms with Crippen molar-refractivity contribution in [1.29, 1.82) is 0 Å². The van der Waals surface area contributed by atoms with Gasteiger partial charge in [-0.05, 0) is 203 Å². The van der Waals surface area contributed by atoms with Gasteiger partial charge in [0, 0.05) is 111 Å². The van der Waals surface area contributed by atoms with Gasteiger partial charge in [0.2, 0.25) is 17.8 Å². The zero-order valence-electron chi connectivity index (χ0n) is 53.0. The van der Waals surface area contributed by atoms with Crippen molar-refractivity contribution in [2.45, 2.75) is 91.9 Å². The highest BCUT2D eigenvalue weighted by Crippen LogP contribution is 2.38. The van der Waals surface area contributed by atoms with E-state index in [9.17, 15) is 0 Å². The fraction of sp³-hybridized carbons (Fsp3) is 0.314. The van der Waals surface area contributed by atoms with Gasteiger partial charge >= 0.3 is 0 Å². The van der Waals surface area contributed by atoms with E-state index >= 15 is 0 Å². The van der Waals surface area contributed by atoms with Gasteiger partial charge < -0.3 is 47.4 Å². The van der Waals surface area contributed by atoms with E-state index in [0.717, 1.165) is 161 Å². The third-order valence-electron chi connectivity index (χ3n) is 16.5. The molecule has 3 aromatic carbocycles. The van der Waals surface area contributed by atoms with Crippen molar-refractivity contribution >= 4 is 115 Å². The van der Waals surface area contributed by atoms with Crippen LogP contribution in [0.1, 0.15) is 81.7 Å². The molecule has 8 N–H and O–H groups in total. The number of thiocarbonyl (C=S) groups is 3. The van der Waals surface area contributed by atoms with Crippen LogP contribution in [0.3, 0.4) is 0 Å². The summed E-state index contributed by atoms with van der Waals surface area (Å²) in [7, 11) is 6.37. The van der Waals surface area contributed by atoms with E-state index in [1.54, 1.807) is 6.20 Å². The van der Waals surface area contributed by atoms with Crippen LogP contribution in [0, 0.1) is 33.6 Å². The largest absolute Gasteiger partial charge is 0.349 e. The van der Waals surface area contributed by atoms with Crippen molar-refractivity contribution in [2.75, 3.05) is 79.2 Å². The van der Waals surface area contributed by atoms with E-state index in [1.807, 2.05) is 63.0 Å². The van der Waals surface area contributed by atoms with E-state index in [4.69, 9.17) is 73.9 Å². The van der Waals surface area contributed by atoms with Crippen molar-refractivity contribution in [1.82, 2.24) is 54.7 Å². The Hall–Kier alpha value is -8.41. The normalized spacial score (nSPS) is 14.0. The lowest BCUT2D eigenvalue weighted by atomic mass is 9.92. The number of aryl methyl sites for hydroxylation is 6. The first kappa shape index (κ1) is 65.1. The topological polar surface area (TPSA) is 221 Å². The Balaban J connectivity index is 0.000000142. The zero-order valence-corrected chi connectivity index (χ0v) is 56.3. The molecule has 6 aromatic heterocycles. The van der Waals surface area contributed by atoms with Crippen molar-refractivity contribution in [2.24, 2.45) is 11.7 Å². The van der Waals surface area contributed by atoms with Crippen molar-refractivity contribution in [3.63, 3.8) is 0 Å². The SMILES string of the molecule is CN(C)CCCc1cncc(Nc2ncc3c(n2)-c2ccc(Cl)cc2NC(=S)C3)c1.Cc1ccc2c(c1)NC(=S)Cc1cnc(Nc3cc(CCCN)cnc3C)nc1-2.Cc1ccc2c(c1)NC(=S)Cc1cnc(Nc3ccc(CC4CCN(C)CC4)nc3C)nc1-2. The van der Waals surface area contributed by atoms with Crippen LogP contribution >= 0.6 is 48.3 Å². The number of anilines is 9. The third-order valence-corrected chi connectivity index (χ3v) is 17.4. The van der Waals surface area contributed by atoms with Crippen molar-refractivity contribution in [3.05, 3.63) is 177 Å². The molecular weight excluding hydrogens is 1220 g/mol. The van der Waals surface area contributed by atoms with E-state index in [1.165, 1.54) is 48.3 Å². The van der Waals surface area contributed by atoms with Gasteiger partial charge in [0.05, 0.1) is 66.7 Å². The van der Waals surface area contributed by atoms with Crippen LogP contribution in [-0.2, 0) is 38.5 Å². The van der Waals surface area contributed by atoms with Crippen LogP contribution in [0.2, 0.25) is 5.02 Å². The number of piperidine rings is 1. The Morgan fingerprint density at radius 1 is 0.565 bits per heavy atom. The summed E-state index contributed by atoms with van der Waals surface area (Å²) in [6, 6.07) is 26.7. The van der Waals surface area contributed by atoms with Crippen LogP contribution in [0.5, 0.6) is 0 Å². The maximum absolute atomic E-state index is 6.17. The Morgan fingerprint density at radius 3 is 1.64 bits per heavy atom. The quantitative estimate of drug-likeness (QED) is 0.0474. The molecule has 0 aliphatic carbocycles. The summed E-state index contributed by atoms with van der Waals surface area (Å²) in [5, 5.41) is 20.6. The van der Waals surface area contributed by atoms with Gasteiger partial charge in [0.1, 0.15) is 0 Å². The van der Waals surface area contributed by atoms with Gasteiger partial charge in [-0.1, -0.05) is 72.5 Å². The highest BCUT2D eigenvalue weighted by molar-refractivity contribution is 7.81. The molecule has 13 rings (SSSR count).